The number of nitrogens with two attached hydrogens (primary N) is 1. The van der Waals surface area contributed by atoms with Crippen LogP contribution in [0.15, 0.2) is 36.7 Å². The van der Waals surface area contributed by atoms with Crippen molar-refractivity contribution in [2.75, 3.05) is 14.2 Å². The Morgan fingerprint density at radius 2 is 1.66 bits per heavy atom. The summed E-state index contributed by atoms with van der Waals surface area (Å²) in [5, 5.41) is 0. The van der Waals surface area contributed by atoms with Crippen LogP contribution in [0.25, 0.3) is 0 Å². The first-order valence-corrected chi connectivity index (χ1v) is 11.4. The van der Waals surface area contributed by atoms with Crippen molar-refractivity contribution in [3.8, 4) is 11.5 Å². The van der Waals surface area contributed by atoms with E-state index in [4.69, 9.17) is 15.2 Å². The number of methoxy groups -OCH3 is 2. The van der Waals surface area contributed by atoms with Gasteiger partial charge in [0, 0.05) is 38.3 Å². The summed E-state index contributed by atoms with van der Waals surface area (Å²) in [6.45, 7) is 1.17. The number of carbonyl (C=O) groups excluding carboxylic acids is 2. The van der Waals surface area contributed by atoms with E-state index in [9.17, 15) is 9.59 Å². The van der Waals surface area contributed by atoms with E-state index >= 15 is 0 Å². The van der Waals surface area contributed by atoms with Gasteiger partial charge >= 0.3 is 0 Å². The lowest BCUT2D eigenvalue weighted by atomic mass is 9.71. The Balaban J connectivity index is 1.60. The Morgan fingerprint density at radius 3 is 2.25 bits per heavy atom. The monoisotopic (exact) mass is 439 g/mol. The Morgan fingerprint density at radius 1 is 1.03 bits per heavy atom. The highest BCUT2D eigenvalue weighted by atomic mass is 16.5. The van der Waals surface area contributed by atoms with E-state index in [-0.39, 0.29) is 11.3 Å². The van der Waals surface area contributed by atoms with Crippen molar-refractivity contribution >= 4 is 11.8 Å². The van der Waals surface area contributed by atoms with E-state index in [1.54, 1.807) is 19.1 Å². The van der Waals surface area contributed by atoms with Gasteiger partial charge in [0.25, 0.3) is 0 Å². The lowest BCUT2D eigenvalue weighted by Gasteiger charge is -2.41. The standard InChI is InChI=1S/C25H33N3O4/c1-31-21-13-18-12-20(24(26)30)28(16-19(18)14-22(21)32-2)23(29)15-25(8-4-3-5-9-25)17-27-10-6-7-11-27/h6-7,10-11,13-14,20H,3-5,8-9,12,15-17H2,1-2H3,(H2,26,30). The molecule has 1 unspecified atom stereocenters. The molecule has 2 amide bonds. The summed E-state index contributed by atoms with van der Waals surface area (Å²) >= 11 is 0. The molecule has 1 fully saturated rings. The molecule has 0 bridgehead atoms. The largest absolute Gasteiger partial charge is 0.493 e. The number of rotatable bonds is 7. The number of fused-ring (bicyclic) bond motifs is 1. The molecule has 7 nitrogen and oxygen atoms in total. The van der Waals surface area contributed by atoms with Crippen LogP contribution >= 0.6 is 0 Å². The molecule has 2 aliphatic rings. The van der Waals surface area contributed by atoms with Crippen LogP contribution in [0.1, 0.15) is 49.7 Å². The molecule has 1 saturated carbocycles. The first-order valence-electron chi connectivity index (χ1n) is 11.4. The van der Waals surface area contributed by atoms with E-state index in [2.05, 4.69) is 17.0 Å². The third kappa shape index (κ3) is 4.47. The minimum Gasteiger partial charge on any atom is -0.493 e. The number of hydrogen-bond acceptors (Lipinski definition) is 4. The van der Waals surface area contributed by atoms with Crippen LogP contribution in [0.2, 0.25) is 0 Å². The summed E-state index contributed by atoms with van der Waals surface area (Å²) in [7, 11) is 3.18. The van der Waals surface area contributed by atoms with Crippen molar-refractivity contribution in [1.82, 2.24) is 9.47 Å². The van der Waals surface area contributed by atoms with Crippen LogP contribution in [0.5, 0.6) is 11.5 Å². The highest BCUT2D eigenvalue weighted by Gasteiger charge is 2.40. The number of amides is 2. The van der Waals surface area contributed by atoms with E-state index in [1.165, 1.54) is 6.42 Å². The average Bonchev–Trinajstić information content (AvgIpc) is 3.30. The predicted molar refractivity (Wildman–Crippen MR) is 121 cm³/mol. The van der Waals surface area contributed by atoms with Gasteiger partial charge in [0.1, 0.15) is 6.04 Å². The van der Waals surface area contributed by atoms with Crippen molar-refractivity contribution in [1.29, 1.82) is 0 Å². The van der Waals surface area contributed by atoms with Gasteiger partial charge in [0.05, 0.1) is 14.2 Å². The molecule has 2 N–H and O–H groups in total. The maximum absolute atomic E-state index is 13.7. The molecule has 1 aliphatic heterocycles. The maximum atomic E-state index is 13.7. The van der Waals surface area contributed by atoms with Crippen LogP contribution in [0.3, 0.4) is 0 Å². The predicted octanol–water partition coefficient (Wildman–Crippen LogP) is 3.28. The Bertz CT molecular complexity index is 964. The van der Waals surface area contributed by atoms with Gasteiger partial charge in [0.15, 0.2) is 11.5 Å². The zero-order valence-corrected chi connectivity index (χ0v) is 19.0. The second-order valence-electron chi connectivity index (χ2n) is 9.21. The fourth-order valence-corrected chi connectivity index (χ4v) is 5.41. The normalized spacial score (nSPS) is 19.8. The molecule has 0 spiro atoms. The second kappa shape index (κ2) is 9.27. The van der Waals surface area contributed by atoms with E-state index < -0.39 is 11.9 Å². The van der Waals surface area contributed by atoms with Crippen molar-refractivity contribution in [3.63, 3.8) is 0 Å². The molecule has 1 atom stereocenters. The highest BCUT2D eigenvalue weighted by Crippen LogP contribution is 2.42. The number of hydrogen-bond donors (Lipinski definition) is 1. The fourth-order valence-electron chi connectivity index (χ4n) is 5.41. The maximum Gasteiger partial charge on any atom is 0.240 e. The SMILES string of the molecule is COc1cc2c(cc1OC)CN(C(=O)CC1(Cn3cccc3)CCCCC1)C(C(N)=O)C2. The number of ether oxygens (including phenoxy) is 2. The summed E-state index contributed by atoms with van der Waals surface area (Å²) < 4.78 is 13.0. The summed E-state index contributed by atoms with van der Waals surface area (Å²) in [4.78, 5) is 27.7. The fraction of sp³-hybridized carbons (Fsp3) is 0.520. The first kappa shape index (κ1) is 22.2. The number of carbonyl (C=O) groups is 2. The molecule has 2 heterocycles. The first-order chi connectivity index (χ1) is 15.4. The molecular formula is C25H33N3O4. The number of nitrogens with zero attached hydrogens (tertiary/aromatic N) is 2. The topological polar surface area (TPSA) is 86.8 Å². The Labute approximate surface area is 189 Å². The zero-order chi connectivity index (χ0) is 22.7. The lowest BCUT2D eigenvalue weighted by Crippen LogP contribution is -2.52. The van der Waals surface area contributed by atoms with Gasteiger partial charge < -0.3 is 24.7 Å². The minimum atomic E-state index is -0.652. The quantitative estimate of drug-likeness (QED) is 0.717. The van der Waals surface area contributed by atoms with Crippen LogP contribution in [-0.4, -0.2) is 41.5 Å². The van der Waals surface area contributed by atoms with E-state index in [1.807, 2.05) is 24.3 Å². The summed E-state index contributed by atoms with van der Waals surface area (Å²) in [5.41, 5.74) is 7.61. The van der Waals surface area contributed by atoms with Crippen LogP contribution in [0.4, 0.5) is 0 Å². The average molecular weight is 440 g/mol. The summed E-state index contributed by atoms with van der Waals surface area (Å²) in [5.74, 6) is 0.764. The van der Waals surface area contributed by atoms with Gasteiger partial charge in [0.2, 0.25) is 11.8 Å². The van der Waals surface area contributed by atoms with Gasteiger partial charge in [-0.2, -0.15) is 0 Å². The highest BCUT2D eigenvalue weighted by molar-refractivity contribution is 5.88. The Kier molecular flexibility index (Phi) is 6.44. The zero-order valence-electron chi connectivity index (χ0n) is 19.0. The molecule has 32 heavy (non-hydrogen) atoms. The summed E-state index contributed by atoms with van der Waals surface area (Å²) in [6, 6.07) is 7.18. The molecule has 172 valence electrons. The molecule has 1 aromatic heterocycles. The van der Waals surface area contributed by atoms with Crippen molar-refractivity contribution < 1.29 is 19.1 Å². The van der Waals surface area contributed by atoms with Gasteiger partial charge in [-0.05, 0) is 53.6 Å². The number of primary amides is 1. The third-order valence-electron chi connectivity index (χ3n) is 7.11. The van der Waals surface area contributed by atoms with Crippen molar-refractivity contribution in [2.24, 2.45) is 11.1 Å². The molecule has 7 heteroatoms. The summed E-state index contributed by atoms with van der Waals surface area (Å²) in [6.07, 6.45) is 10.5. The smallest absolute Gasteiger partial charge is 0.240 e. The van der Waals surface area contributed by atoms with Gasteiger partial charge in [-0.25, -0.2) is 0 Å². The molecule has 0 saturated heterocycles. The third-order valence-corrected chi connectivity index (χ3v) is 7.11. The van der Waals surface area contributed by atoms with Crippen molar-refractivity contribution in [2.45, 2.75) is 64.1 Å². The minimum absolute atomic E-state index is 0.00305. The molecule has 4 rings (SSSR count). The van der Waals surface area contributed by atoms with E-state index in [0.717, 1.165) is 43.4 Å². The van der Waals surface area contributed by atoms with E-state index in [0.29, 0.717) is 30.9 Å². The molecule has 1 aromatic carbocycles. The van der Waals surface area contributed by atoms with Crippen LogP contribution in [0, 0.1) is 5.41 Å². The van der Waals surface area contributed by atoms with Gasteiger partial charge in [-0.3, -0.25) is 9.59 Å². The molecule has 1 aliphatic carbocycles. The molecule has 2 aromatic rings. The van der Waals surface area contributed by atoms with Crippen LogP contribution < -0.4 is 15.2 Å². The number of benzene rings is 1. The van der Waals surface area contributed by atoms with Gasteiger partial charge in [-0.1, -0.05) is 19.3 Å². The van der Waals surface area contributed by atoms with Gasteiger partial charge in [-0.15, -0.1) is 0 Å². The van der Waals surface area contributed by atoms with Crippen molar-refractivity contribution in [3.05, 3.63) is 47.8 Å². The van der Waals surface area contributed by atoms with Crippen LogP contribution in [-0.2, 0) is 29.1 Å². The molecule has 0 radical (unpaired) electrons. The molecular weight excluding hydrogens is 406 g/mol. The lowest BCUT2D eigenvalue weighted by molar-refractivity contribution is -0.143. The number of aromatic nitrogens is 1. The Hall–Kier alpha value is -2.96. The second-order valence-corrected chi connectivity index (χ2v) is 9.21.